The first-order valence-electron chi connectivity index (χ1n) is 6.80. The molecule has 1 fully saturated rings. The second-order valence-corrected chi connectivity index (χ2v) is 5.25. The molecular weight excluding hydrogens is 226 g/mol. The van der Waals surface area contributed by atoms with Crippen LogP contribution in [0.5, 0.6) is 0 Å². The molecule has 2 heteroatoms. The van der Waals surface area contributed by atoms with Gasteiger partial charge in [-0.2, -0.15) is 11.8 Å². The highest BCUT2D eigenvalue weighted by atomic mass is 32.2. The van der Waals surface area contributed by atoms with Crippen molar-refractivity contribution in [3.8, 4) is 0 Å². The molecule has 0 aliphatic carbocycles. The van der Waals surface area contributed by atoms with E-state index in [1.54, 1.807) is 0 Å². The van der Waals surface area contributed by atoms with E-state index in [4.69, 9.17) is 0 Å². The Morgan fingerprint density at radius 2 is 2.00 bits per heavy atom. The van der Waals surface area contributed by atoms with Crippen LogP contribution in [0.2, 0.25) is 0 Å². The summed E-state index contributed by atoms with van der Waals surface area (Å²) in [4.78, 5) is 0. The van der Waals surface area contributed by atoms with Crippen molar-refractivity contribution in [2.45, 2.75) is 39.2 Å². The van der Waals surface area contributed by atoms with Gasteiger partial charge in [0.15, 0.2) is 0 Å². The molecule has 1 atom stereocenters. The molecule has 0 bridgehead atoms. The van der Waals surface area contributed by atoms with Crippen molar-refractivity contribution in [1.82, 2.24) is 5.32 Å². The second-order valence-electron chi connectivity index (χ2n) is 4.10. The zero-order chi connectivity index (χ0) is 12.3. The zero-order valence-corrected chi connectivity index (χ0v) is 11.9. The van der Waals surface area contributed by atoms with Crippen LogP contribution in [0.3, 0.4) is 0 Å². The molecule has 17 heavy (non-hydrogen) atoms. The van der Waals surface area contributed by atoms with E-state index in [0.29, 0.717) is 0 Å². The lowest BCUT2D eigenvalue weighted by Crippen LogP contribution is -2.23. The van der Waals surface area contributed by atoms with Gasteiger partial charge in [0.2, 0.25) is 0 Å². The summed E-state index contributed by atoms with van der Waals surface area (Å²) in [5.74, 6) is 2.54. The third-order valence-corrected chi connectivity index (χ3v) is 3.99. The summed E-state index contributed by atoms with van der Waals surface area (Å²) in [5.41, 5.74) is 1.46. The largest absolute Gasteiger partial charge is 0.313 e. The van der Waals surface area contributed by atoms with E-state index in [1.165, 1.54) is 42.9 Å². The second kappa shape index (κ2) is 9.55. The van der Waals surface area contributed by atoms with Crippen molar-refractivity contribution in [3.63, 3.8) is 0 Å². The Bertz CT molecular complexity index is 268. The van der Waals surface area contributed by atoms with Crippen molar-refractivity contribution in [2.75, 3.05) is 18.1 Å². The standard InChI is InChI=1S/C13H19NS.C2H6/c1-2-5-12(6-3-1)8-10-15-11-13-7-4-9-14-13;1-2/h1-3,5-6,13-14H,4,7-11H2;1-2H3. The summed E-state index contributed by atoms with van der Waals surface area (Å²) in [5, 5.41) is 3.53. The van der Waals surface area contributed by atoms with Gasteiger partial charge >= 0.3 is 0 Å². The number of nitrogens with one attached hydrogen (secondary N) is 1. The summed E-state index contributed by atoms with van der Waals surface area (Å²) < 4.78 is 0. The van der Waals surface area contributed by atoms with Crippen LogP contribution in [0.4, 0.5) is 0 Å². The van der Waals surface area contributed by atoms with Crippen molar-refractivity contribution in [1.29, 1.82) is 0 Å². The molecule has 1 aliphatic heterocycles. The molecule has 1 unspecified atom stereocenters. The van der Waals surface area contributed by atoms with Gasteiger partial charge in [-0.1, -0.05) is 44.2 Å². The van der Waals surface area contributed by atoms with Gasteiger partial charge in [-0.15, -0.1) is 0 Å². The first kappa shape index (κ1) is 14.6. The van der Waals surface area contributed by atoms with Gasteiger partial charge in [0, 0.05) is 11.8 Å². The Balaban J connectivity index is 0.000000686. The maximum atomic E-state index is 3.53. The number of benzene rings is 1. The highest BCUT2D eigenvalue weighted by Crippen LogP contribution is 2.13. The van der Waals surface area contributed by atoms with E-state index in [2.05, 4.69) is 47.4 Å². The Morgan fingerprint density at radius 3 is 2.65 bits per heavy atom. The van der Waals surface area contributed by atoms with Crippen molar-refractivity contribution >= 4 is 11.8 Å². The van der Waals surface area contributed by atoms with E-state index in [0.717, 1.165) is 6.04 Å². The molecule has 0 radical (unpaired) electrons. The molecule has 0 saturated carbocycles. The normalized spacial score (nSPS) is 18.6. The summed E-state index contributed by atoms with van der Waals surface area (Å²) in [6.45, 7) is 5.23. The average Bonchev–Trinajstić information content (AvgIpc) is 2.92. The van der Waals surface area contributed by atoms with Crippen LogP contribution in [0, 0.1) is 0 Å². The summed E-state index contributed by atoms with van der Waals surface area (Å²) in [6.07, 6.45) is 3.94. The van der Waals surface area contributed by atoms with E-state index < -0.39 is 0 Å². The molecular formula is C15H25NS. The lowest BCUT2D eigenvalue weighted by Gasteiger charge is -2.08. The van der Waals surface area contributed by atoms with Crippen LogP contribution in [0.25, 0.3) is 0 Å². The Labute approximate surface area is 110 Å². The Morgan fingerprint density at radius 1 is 1.24 bits per heavy atom. The highest BCUT2D eigenvalue weighted by molar-refractivity contribution is 7.99. The van der Waals surface area contributed by atoms with E-state index in [-0.39, 0.29) is 0 Å². The fourth-order valence-electron chi connectivity index (χ4n) is 1.96. The van der Waals surface area contributed by atoms with Crippen molar-refractivity contribution in [2.24, 2.45) is 0 Å². The first-order chi connectivity index (χ1) is 8.45. The lowest BCUT2D eigenvalue weighted by atomic mass is 10.2. The van der Waals surface area contributed by atoms with Crippen molar-refractivity contribution in [3.05, 3.63) is 35.9 Å². The predicted octanol–water partition coefficient (Wildman–Crippen LogP) is 3.74. The lowest BCUT2D eigenvalue weighted by molar-refractivity contribution is 0.674. The predicted molar refractivity (Wildman–Crippen MR) is 79.8 cm³/mol. The van der Waals surface area contributed by atoms with E-state index in [1.807, 2.05) is 13.8 Å². The van der Waals surface area contributed by atoms with Gasteiger partial charge in [0.1, 0.15) is 0 Å². The minimum Gasteiger partial charge on any atom is -0.313 e. The van der Waals surface area contributed by atoms with Gasteiger partial charge in [-0.3, -0.25) is 0 Å². The average molecular weight is 251 g/mol. The monoisotopic (exact) mass is 251 g/mol. The fraction of sp³-hybridized carbons (Fsp3) is 0.600. The van der Waals surface area contributed by atoms with Crippen LogP contribution >= 0.6 is 11.8 Å². The fourth-order valence-corrected chi connectivity index (χ4v) is 3.08. The molecule has 1 nitrogen and oxygen atoms in total. The Hall–Kier alpha value is -0.470. The minimum absolute atomic E-state index is 0.783. The molecule has 1 saturated heterocycles. The van der Waals surface area contributed by atoms with E-state index in [9.17, 15) is 0 Å². The third-order valence-electron chi connectivity index (χ3n) is 2.86. The molecule has 1 N–H and O–H groups in total. The molecule has 1 heterocycles. The number of thioether (sulfide) groups is 1. The molecule has 2 rings (SSSR count). The molecule has 1 aromatic rings. The third kappa shape index (κ3) is 6.13. The van der Waals surface area contributed by atoms with Gasteiger partial charge in [0.05, 0.1) is 0 Å². The number of hydrogen-bond donors (Lipinski definition) is 1. The molecule has 1 aromatic carbocycles. The quantitative estimate of drug-likeness (QED) is 0.800. The minimum atomic E-state index is 0.783. The maximum Gasteiger partial charge on any atom is 0.0158 e. The van der Waals surface area contributed by atoms with Crippen LogP contribution in [0.1, 0.15) is 32.3 Å². The molecule has 0 amide bonds. The molecule has 0 spiro atoms. The SMILES string of the molecule is CC.c1ccc(CCSCC2CCCN2)cc1. The van der Waals surface area contributed by atoms with Crippen LogP contribution in [0.15, 0.2) is 30.3 Å². The number of hydrogen-bond acceptors (Lipinski definition) is 2. The summed E-state index contributed by atoms with van der Waals surface area (Å²) in [7, 11) is 0. The summed E-state index contributed by atoms with van der Waals surface area (Å²) in [6, 6.07) is 11.5. The topological polar surface area (TPSA) is 12.0 Å². The van der Waals surface area contributed by atoms with Crippen LogP contribution < -0.4 is 5.32 Å². The number of rotatable bonds is 5. The molecule has 0 aromatic heterocycles. The van der Waals surface area contributed by atoms with Gasteiger partial charge < -0.3 is 5.32 Å². The molecule has 1 aliphatic rings. The Kier molecular flexibility index (Phi) is 8.20. The van der Waals surface area contributed by atoms with Gasteiger partial charge in [0.25, 0.3) is 0 Å². The van der Waals surface area contributed by atoms with Gasteiger partial charge in [-0.25, -0.2) is 0 Å². The maximum absolute atomic E-state index is 3.53. The zero-order valence-electron chi connectivity index (χ0n) is 11.1. The highest BCUT2D eigenvalue weighted by Gasteiger charge is 2.12. The van der Waals surface area contributed by atoms with Crippen molar-refractivity contribution < 1.29 is 0 Å². The van der Waals surface area contributed by atoms with E-state index >= 15 is 0 Å². The van der Waals surface area contributed by atoms with Crippen LogP contribution in [-0.4, -0.2) is 24.1 Å². The van der Waals surface area contributed by atoms with Gasteiger partial charge in [-0.05, 0) is 37.1 Å². The number of aryl methyl sites for hydroxylation is 1. The smallest absolute Gasteiger partial charge is 0.0158 e. The molecule has 96 valence electrons. The first-order valence-corrected chi connectivity index (χ1v) is 7.96. The van der Waals surface area contributed by atoms with Crippen LogP contribution in [-0.2, 0) is 6.42 Å². The summed E-state index contributed by atoms with van der Waals surface area (Å²) >= 11 is 2.08.